The summed E-state index contributed by atoms with van der Waals surface area (Å²) < 4.78 is 26.4. The maximum Gasteiger partial charge on any atom is 0.222 e. The second kappa shape index (κ2) is 4.37. The standard InChI is InChI=1S/C6H11BrN4O2S/c1-5(10-14(12,13)3-7)6-9-8-4-11(6)2/h4-5,10H,3H2,1-2H3. The van der Waals surface area contributed by atoms with Crippen LogP contribution in [0.4, 0.5) is 0 Å². The second-order valence-electron chi connectivity index (χ2n) is 2.86. The highest BCUT2D eigenvalue weighted by molar-refractivity contribution is 9.10. The molecule has 6 nitrogen and oxygen atoms in total. The Kier molecular flexibility index (Phi) is 3.62. The van der Waals surface area contributed by atoms with Crippen molar-refractivity contribution in [3.63, 3.8) is 0 Å². The molecule has 1 unspecified atom stereocenters. The lowest BCUT2D eigenvalue weighted by molar-refractivity contribution is 0.558. The summed E-state index contributed by atoms with van der Waals surface area (Å²) in [5.74, 6) is 0.578. The van der Waals surface area contributed by atoms with E-state index < -0.39 is 10.0 Å². The number of nitrogens with one attached hydrogen (secondary N) is 1. The van der Waals surface area contributed by atoms with Gasteiger partial charge in [0, 0.05) is 7.05 Å². The number of halogens is 1. The van der Waals surface area contributed by atoms with Crippen LogP contribution in [0.1, 0.15) is 18.8 Å². The number of hydrogen-bond acceptors (Lipinski definition) is 4. The van der Waals surface area contributed by atoms with Crippen LogP contribution in [0.15, 0.2) is 6.33 Å². The molecule has 0 amide bonds. The largest absolute Gasteiger partial charge is 0.319 e. The van der Waals surface area contributed by atoms with Crippen LogP contribution in [-0.2, 0) is 17.1 Å². The molecule has 0 saturated heterocycles. The Balaban J connectivity index is 2.78. The molecule has 0 aromatic carbocycles. The lowest BCUT2D eigenvalue weighted by atomic mass is 10.3. The molecule has 0 spiro atoms. The second-order valence-corrected chi connectivity index (χ2v) is 5.92. The smallest absolute Gasteiger partial charge is 0.222 e. The third kappa shape index (κ3) is 2.76. The highest BCUT2D eigenvalue weighted by Gasteiger charge is 2.17. The molecule has 0 aliphatic carbocycles. The fraction of sp³-hybridized carbons (Fsp3) is 0.667. The first-order valence-corrected chi connectivity index (χ1v) is 6.63. The molecule has 0 aliphatic heterocycles. The predicted octanol–water partition coefficient (Wildman–Crippen LogP) is 0.148. The number of hydrogen-bond donors (Lipinski definition) is 1. The normalized spacial score (nSPS) is 14.2. The van der Waals surface area contributed by atoms with Gasteiger partial charge in [0.05, 0.1) is 6.04 Å². The molecule has 0 bridgehead atoms. The van der Waals surface area contributed by atoms with Gasteiger partial charge in [0.25, 0.3) is 0 Å². The minimum Gasteiger partial charge on any atom is -0.319 e. The van der Waals surface area contributed by atoms with Gasteiger partial charge in [-0.1, -0.05) is 15.9 Å². The molecule has 14 heavy (non-hydrogen) atoms. The summed E-state index contributed by atoms with van der Waals surface area (Å²) in [5.41, 5.74) is 0. The van der Waals surface area contributed by atoms with Crippen LogP contribution in [0.25, 0.3) is 0 Å². The number of rotatable bonds is 4. The molecule has 1 aromatic heterocycles. The Hall–Kier alpha value is -0.470. The Morgan fingerprint density at radius 2 is 2.36 bits per heavy atom. The maximum atomic E-state index is 11.2. The summed E-state index contributed by atoms with van der Waals surface area (Å²) in [5, 5.41) is 7.47. The van der Waals surface area contributed by atoms with E-state index in [0.717, 1.165) is 0 Å². The number of aryl methyl sites for hydroxylation is 1. The van der Waals surface area contributed by atoms with Gasteiger partial charge < -0.3 is 4.57 Å². The number of nitrogens with zero attached hydrogens (tertiary/aromatic N) is 3. The quantitative estimate of drug-likeness (QED) is 0.798. The molecule has 1 N–H and O–H groups in total. The SMILES string of the molecule is CC(NS(=O)(=O)CBr)c1nncn1C. The molecule has 8 heteroatoms. The topological polar surface area (TPSA) is 76.9 Å². The zero-order valence-electron chi connectivity index (χ0n) is 7.81. The molecule has 0 radical (unpaired) electrons. The van der Waals surface area contributed by atoms with E-state index in [1.54, 1.807) is 18.5 Å². The van der Waals surface area contributed by atoms with Gasteiger partial charge in [-0.2, -0.15) is 0 Å². The molecule has 1 heterocycles. The van der Waals surface area contributed by atoms with E-state index >= 15 is 0 Å². The Bertz CT molecular complexity index is 402. The van der Waals surface area contributed by atoms with E-state index in [-0.39, 0.29) is 10.7 Å². The van der Waals surface area contributed by atoms with Crippen molar-refractivity contribution in [1.82, 2.24) is 19.5 Å². The van der Waals surface area contributed by atoms with Crippen LogP contribution >= 0.6 is 15.9 Å². The van der Waals surface area contributed by atoms with Gasteiger partial charge in [0.15, 0.2) is 0 Å². The molecule has 1 aromatic rings. The minimum absolute atomic E-state index is 0.123. The van der Waals surface area contributed by atoms with Crippen molar-refractivity contribution in [1.29, 1.82) is 0 Å². The summed E-state index contributed by atoms with van der Waals surface area (Å²) >= 11 is 2.89. The van der Waals surface area contributed by atoms with Crippen molar-refractivity contribution in [2.24, 2.45) is 7.05 Å². The number of alkyl halides is 1. The number of aromatic nitrogens is 3. The fourth-order valence-corrected chi connectivity index (χ4v) is 2.14. The third-order valence-corrected chi connectivity index (χ3v) is 4.44. The molecule has 0 fully saturated rings. The highest BCUT2D eigenvalue weighted by atomic mass is 79.9. The van der Waals surface area contributed by atoms with Crippen molar-refractivity contribution in [2.45, 2.75) is 13.0 Å². The molecule has 80 valence electrons. The van der Waals surface area contributed by atoms with Crippen molar-refractivity contribution < 1.29 is 8.42 Å². The van der Waals surface area contributed by atoms with Gasteiger partial charge >= 0.3 is 0 Å². The molecule has 0 saturated carbocycles. The molecule has 1 atom stereocenters. The highest BCUT2D eigenvalue weighted by Crippen LogP contribution is 2.09. The minimum atomic E-state index is -3.28. The fourth-order valence-electron chi connectivity index (χ4n) is 1.04. The first-order valence-electron chi connectivity index (χ1n) is 3.86. The molecular formula is C6H11BrN4O2S. The molecule has 1 rings (SSSR count). The van der Waals surface area contributed by atoms with Crippen LogP contribution in [0, 0.1) is 0 Å². The van der Waals surface area contributed by atoms with E-state index in [1.807, 2.05) is 0 Å². The van der Waals surface area contributed by atoms with Gasteiger partial charge in [-0.25, -0.2) is 13.1 Å². The number of sulfonamides is 1. The van der Waals surface area contributed by atoms with E-state index in [0.29, 0.717) is 5.82 Å². The summed E-state index contributed by atoms with van der Waals surface area (Å²) in [7, 11) is -1.52. The molecule has 0 aliphatic rings. The average Bonchev–Trinajstić information content (AvgIpc) is 2.51. The first kappa shape index (κ1) is 11.6. The lowest BCUT2D eigenvalue weighted by Gasteiger charge is -2.11. The van der Waals surface area contributed by atoms with Crippen LogP contribution in [0.2, 0.25) is 0 Å². The van der Waals surface area contributed by atoms with Crippen molar-refractivity contribution in [2.75, 3.05) is 4.66 Å². The van der Waals surface area contributed by atoms with Gasteiger partial charge in [-0.05, 0) is 6.92 Å². The summed E-state index contributed by atoms with van der Waals surface area (Å²) in [6.45, 7) is 1.71. The van der Waals surface area contributed by atoms with Crippen LogP contribution in [0.5, 0.6) is 0 Å². The Morgan fingerprint density at radius 1 is 1.71 bits per heavy atom. The van der Waals surface area contributed by atoms with Crippen molar-refractivity contribution >= 4 is 26.0 Å². The van der Waals surface area contributed by atoms with Gasteiger partial charge in [0.2, 0.25) is 10.0 Å². The van der Waals surface area contributed by atoms with E-state index in [9.17, 15) is 8.42 Å². The van der Waals surface area contributed by atoms with Crippen LogP contribution in [0.3, 0.4) is 0 Å². The summed E-state index contributed by atoms with van der Waals surface area (Å²) in [4.78, 5) is 0. The maximum absolute atomic E-state index is 11.2. The van der Waals surface area contributed by atoms with Crippen molar-refractivity contribution in [3.8, 4) is 0 Å². The summed E-state index contributed by atoms with van der Waals surface area (Å²) in [6.07, 6.45) is 1.52. The Labute approximate surface area is 90.9 Å². The first-order chi connectivity index (χ1) is 6.46. The zero-order chi connectivity index (χ0) is 10.8. The zero-order valence-corrected chi connectivity index (χ0v) is 10.2. The molecular weight excluding hydrogens is 272 g/mol. The Morgan fingerprint density at radius 3 is 2.79 bits per heavy atom. The van der Waals surface area contributed by atoms with Gasteiger partial charge in [-0.3, -0.25) is 0 Å². The van der Waals surface area contributed by atoms with Gasteiger partial charge in [0.1, 0.15) is 16.8 Å². The summed E-state index contributed by atoms with van der Waals surface area (Å²) in [6, 6.07) is -0.384. The van der Waals surface area contributed by atoms with E-state index in [1.165, 1.54) is 6.33 Å². The third-order valence-electron chi connectivity index (χ3n) is 1.63. The van der Waals surface area contributed by atoms with Crippen molar-refractivity contribution in [3.05, 3.63) is 12.2 Å². The van der Waals surface area contributed by atoms with Crippen LogP contribution in [-0.4, -0.2) is 27.8 Å². The van der Waals surface area contributed by atoms with E-state index in [4.69, 9.17) is 0 Å². The van der Waals surface area contributed by atoms with E-state index in [2.05, 4.69) is 30.8 Å². The van der Waals surface area contributed by atoms with Gasteiger partial charge in [-0.15, -0.1) is 10.2 Å². The predicted molar refractivity (Wildman–Crippen MR) is 55.3 cm³/mol. The monoisotopic (exact) mass is 282 g/mol. The van der Waals surface area contributed by atoms with Crippen LogP contribution < -0.4 is 4.72 Å². The average molecular weight is 283 g/mol. The lowest BCUT2D eigenvalue weighted by Crippen LogP contribution is -2.29.